The van der Waals surface area contributed by atoms with Crippen molar-refractivity contribution < 1.29 is 9.15 Å². The molecule has 0 spiro atoms. The number of aromatic nitrogens is 2. The molecule has 0 saturated heterocycles. The van der Waals surface area contributed by atoms with E-state index in [9.17, 15) is 0 Å². The van der Waals surface area contributed by atoms with Crippen molar-refractivity contribution in [3.8, 4) is 17.2 Å². The fourth-order valence-corrected chi connectivity index (χ4v) is 1.45. The van der Waals surface area contributed by atoms with Crippen LogP contribution in [0.4, 0.5) is 0 Å². The second-order valence-electron chi connectivity index (χ2n) is 3.06. The second kappa shape index (κ2) is 4.99. The Morgan fingerprint density at radius 3 is 2.81 bits per heavy atom. The molecule has 16 heavy (non-hydrogen) atoms. The summed E-state index contributed by atoms with van der Waals surface area (Å²) in [6.45, 7) is 2.52. The number of halogens is 1. The van der Waals surface area contributed by atoms with Crippen LogP contribution < -0.4 is 4.74 Å². The molecule has 2 aromatic rings. The summed E-state index contributed by atoms with van der Waals surface area (Å²) in [4.78, 5) is 0. The van der Waals surface area contributed by atoms with E-state index in [1.54, 1.807) is 0 Å². The van der Waals surface area contributed by atoms with Crippen molar-refractivity contribution >= 4 is 11.6 Å². The first-order valence-electron chi connectivity index (χ1n) is 4.95. The topological polar surface area (TPSA) is 48.2 Å². The highest BCUT2D eigenvalue weighted by atomic mass is 35.5. The molecule has 1 heterocycles. The van der Waals surface area contributed by atoms with Gasteiger partial charge in [0.25, 0.3) is 5.89 Å². The molecule has 84 valence electrons. The van der Waals surface area contributed by atoms with Crippen molar-refractivity contribution in [1.82, 2.24) is 10.2 Å². The SMILES string of the molecule is CCOc1ccccc1-c1nnc(CCl)o1. The first-order valence-corrected chi connectivity index (χ1v) is 5.49. The Kier molecular flexibility index (Phi) is 3.41. The van der Waals surface area contributed by atoms with E-state index >= 15 is 0 Å². The zero-order valence-corrected chi connectivity index (χ0v) is 9.57. The summed E-state index contributed by atoms with van der Waals surface area (Å²) in [5.74, 6) is 1.78. The van der Waals surface area contributed by atoms with E-state index in [0.29, 0.717) is 18.4 Å². The van der Waals surface area contributed by atoms with Gasteiger partial charge in [0.05, 0.1) is 12.2 Å². The predicted octanol–water partition coefficient (Wildman–Crippen LogP) is 2.87. The van der Waals surface area contributed by atoms with E-state index < -0.39 is 0 Å². The summed E-state index contributed by atoms with van der Waals surface area (Å²) in [7, 11) is 0. The van der Waals surface area contributed by atoms with Crippen LogP contribution in [0, 0.1) is 0 Å². The third kappa shape index (κ3) is 2.17. The molecule has 0 aliphatic rings. The number of hydrogen-bond acceptors (Lipinski definition) is 4. The van der Waals surface area contributed by atoms with Gasteiger partial charge >= 0.3 is 0 Å². The van der Waals surface area contributed by atoms with E-state index in [2.05, 4.69) is 10.2 Å². The molecular weight excluding hydrogens is 228 g/mol. The van der Waals surface area contributed by atoms with Crippen LogP contribution in [0.1, 0.15) is 12.8 Å². The second-order valence-corrected chi connectivity index (χ2v) is 3.33. The molecule has 0 saturated carbocycles. The van der Waals surface area contributed by atoms with Gasteiger partial charge in [0.2, 0.25) is 5.89 Å². The molecule has 1 aromatic heterocycles. The minimum atomic E-state index is 0.212. The third-order valence-corrected chi connectivity index (χ3v) is 2.23. The van der Waals surface area contributed by atoms with Crippen LogP contribution >= 0.6 is 11.6 Å². The Morgan fingerprint density at radius 2 is 2.12 bits per heavy atom. The van der Waals surface area contributed by atoms with Gasteiger partial charge in [0.15, 0.2) is 0 Å². The Hall–Kier alpha value is -1.55. The summed E-state index contributed by atoms with van der Waals surface area (Å²) in [5, 5.41) is 7.73. The Balaban J connectivity index is 2.38. The number of hydrogen-bond donors (Lipinski definition) is 0. The normalized spacial score (nSPS) is 10.4. The van der Waals surface area contributed by atoms with Crippen LogP contribution in [-0.2, 0) is 5.88 Å². The standard InChI is InChI=1S/C11H11ClN2O2/c1-2-15-9-6-4-3-5-8(9)11-14-13-10(7-12)16-11/h3-6H,2,7H2,1H3. The molecule has 0 radical (unpaired) electrons. The molecule has 1 aromatic carbocycles. The zero-order chi connectivity index (χ0) is 11.4. The number of benzene rings is 1. The highest BCUT2D eigenvalue weighted by molar-refractivity contribution is 6.16. The average Bonchev–Trinajstić information content (AvgIpc) is 2.79. The lowest BCUT2D eigenvalue weighted by atomic mass is 10.2. The Bertz CT molecular complexity index is 471. The molecule has 0 bridgehead atoms. The van der Waals surface area contributed by atoms with Crippen molar-refractivity contribution in [2.75, 3.05) is 6.61 Å². The first kappa shape index (κ1) is 11.0. The van der Waals surface area contributed by atoms with Gasteiger partial charge < -0.3 is 9.15 Å². The smallest absolute Gasteiger partial charge is 0.251 e. The van der Waals surface area contributed by atoms with Crippen LogP contribution in [0.15, 0.2) is 28.7 Å². The number of rotatable bonds is 4. The fourth-order valence-electron chi connectivity index (χ4n) is 1.34. The van der Waals surface area contributed by atoms with Crippen molar-refractivity contribution in [2.24, 2.45) is 0 Å². The lowest BCUT2D eigenvalue weighted by Crippen LogP contribution is -1.93. The molecule has 0 unspecified atom stereocenters. The maximum Gasteiger partial charge on any atom is 0.251 e. The first-order chi connectivity index (χ1) is 7.85. The molecule has 0 atom stereocenters. The van der Waals surface area contributed by atoms with Gasteiger partial charge in [0.1, 0.15) is 11.6 Å². The van der Waals surface area contributed by atoms with E-state index in [-0.39, 0.29) is 5.88 Å². The lowest BCUT2D eigenvalue weighted by molar-refractivity contribution is 0.340. The largest absolute Gasteiger partial charge is 0.493 e. The number of alkyl halides is 1. The summed E-state index contributed by atoms with van der Waals surface area (Å²) < 4.78 is 10.8. The minimum Gasteiger partial charge on any atom is -0.493 e. The zero-order valence-electron chi connectivity index (χ0n) is 8.81. The molecule has 0 fully saturated rings. The molecule has 0 amide bonds. The van der Waals surface area contributed by atoms with Crippen LogP contribution in [0.5, 0.6) is 5.75 Å². The van der Waals surface area contributed by atoms with E-state index in [1.165, 1.54) is 0 Å². The predicted molar refractivity (Wildman–Crippen MR) is 60.5 cm³/mol. The highest BCUT2D eigenvalue weighted by Gasteiger charge is 2.12. The Labute approximate surface area is 98.2 Å². The third-order valence-electron chi connectivity index (χ3n) is 2.00. The molecule has 0 N–H and O–H groups in total. The van der Waals surface area contributed by atoms with Gasteiger partial charge in [-0.05, 0) is 19.1 Å². The van der Waals surface area contributed by atoms with Gasteiger partial charge in [-0.3, -0.25) is 0 Å². The van der Waals surface area contributed by atoms with Gasteiger partial charge in [-0.1, -0.05) is 12.1 Å². The molecule has 0 aliphatic carbocycles. The summed E-state index contributed by atoms with van der Waals surface area (Å²) in [6, 6.07) is 7.52. The van der Waals surface area contributed by atoms with Crippen LogP contribution in [-0.4, -0.2) is 16.8 Å². The Morgan fingerprint density at radius 1 is 1.31 bits per heavy atom. The van der Waals surface area contributed by atoms with E-state index in [0.717, 1.165) is 11.3 Å². The van der Waals surface area contributed by atoms with Crippen molar-refractivity contribution in [2.45, 2.75) is 12.8 Å². The van der Waals surface area contributed by atoms with Gasteiger partial charge in [-0.25, -0.2) is 0 Å². The number of ether oxygens (including phenoxy) is 1. The fraction of sp³-hybridized carbons (Fsp3) is 0.273. The van der Waals surface area contributed by atoms with Crippen LogP contribution in [0.25, 0.3) is 11.5 Å². The van der Waals surface area contributed by atoms with E-state index in [4.69, 9.17) is 20.8 Å². The summed E-state index contributed by atoms with van der Waals surface area (Å²) in [6.07, 6.45) is 0. The van der Waals surface area contributed by atoms with E-state index in [1.807, 2.05) is 31.2 Å². The highest BCUT2D eigenvalue weighted by Crippen LogP contribution is 2.28. The molecule has 2 rings (SSSR count). The van der Waals surface area contributed by atoms with Crippen LogP contribution in [0.2, 0.25) is 0 Å². The monoisotopic (exact) mass is 238 g/mol. The minimum absolute atomic E-state index is 0.212. The average molecular weight is 239 g/mol. The maximum atomic E-state index is 5.60. The van der Waals surface area contributed by atoms with Gasteiger partial charge in [0, 0.05) is 0 Å². The van der Waals surface area contributed by atoms with Crippen molar-refractivity contribution in [3.63, 3.8) is 0 Å². The van der Waals surface area contributed by atoms with Gasteiger partial charge in [-0.2, -0.15) is 0 Å². The molecular formula is C11H11ClN2O2. The lowest BCUT2D eigenvalue weighted by Gasteiger charge is -2.05. The summed E-state index contributed by atoms with van der Waals surface area (Å²) in [5.41, 5.74) is 0.785. The van der Waals surface area contributed by atoms with Crippen molar-refractivity contribution in [3.05, 3.63) is 30.2 Å². The maximum absolute atomic E-state index is 5.60. The van der Waals surface area contributed by atoms with Crippen molar-refractivity contribution in [1.29, 1.82) is 0 Å². The number of para-hydroxylation sites is 1. The van der Waals surface area contributed by atoms with Gasteiger partial charge in [-0.15, -0.1) is 21.8 Å². The van der Waals surface area contributed by atoms with Crippen LogP contribution in [0.3, 0.4) is 0 Å². The molecule has 4 nitrogen and oxygen atoms in total. The number of nitrogens with zero attached hydrogens (tertiary/aromatic N) is 2. The summed E-state index contributed by atoms with van der Waals surface area (Å²) >= 11 is 5.60. The molecule has 0 aliphatic heterocycles. The quantitative estimate of drug-likeness (QED) is 0.769. The molecule has 5 heteroatoms.